The molecule has 4 rings (SSSR count). The van der Waals surface area contributed by atoms with Crippen LogP contribution in [0.5, 0.6) is 5.75 Å². The van der Waals surface area contributed by atoms with E-state index in [1.807, 2.05) is 0 Å². The van der Waals surface area contributed by atoms with E-state index in [4.69, 9.17) is 28.7 Å². The second-order valence-corrected chi connectivity index (χ2v) is 13.7. The Bertz CT molecular complexity index is 1720. The summed E-state index contributed by atoms with van der Waals surface area (Å²) in [6, 6.07) is 4.41. The van der Waals surface area contributed by atoms with E-state index in [2.05, 4.69) is 19.0 Å². The minimum atomic E-state index is -1.58. The molecule has 2 fully saturated rings. The number of Topliss-reactive ketones (excluding diaryl/α,β-unsaturated/α-hetero) is 1. The standard InChI is InChI=1S/C31H37N5O12P2/c1-19(37)15-20-16-28(40)47-25-17-21(7-8-22(20)25)44-13-14-45-30(42)24-6-4-12-35(24)29(41)23(34-50(49)46-18-32)5-2-3-11-33-31(43)48-36-26(38)9-10-27(36)39/h7-8,16-18,23-24,32H,2-6,9-15,49H2,1H3/p+1/t23-,24-/m0/s1. The molecule has 2 aromatic rings. The Labute approximate surface area is 289 Å². The number of rotatable bonds is 17. The molecule has 19 heteroatoms. The predicted molar refractivity (Wildman–Crippen MR) is 180 cm³/mol. The predicted octanol–water partition coefficient (Wildman–Crippen LogP) is 3.16. The van der Waals surface area contributed by atoms with Crippen LogP contribution >= 0.6 is 16.6 Å². The molecule has 2 aliphatic heterocycles. The number of nitrogens with one attached hydrogen (secondary N) is 2. The lowest BCUT2D eigenvalue weighted by molar-refractivity contribution is -0.171. The summed E-state index contributed by atoms with van der Waals surface area (Å²) < 4.78 is 25.9. The van der Waals surface area contributed by atoms with Gasteiger partial charge in [0.15, 0.2) is 15.0 Å². The number of likely N-dealkylation sites (tertiary alicyclic amines) is 1. The molecular formula is C31H38N5O12P2+. The van der Waals surface area contributed by atoms with Gasteiger partial charge in [-0.1, -0.05) is 4.74 Å². The first kappa shape index (κ1) is 38.1. The summed E-state index contributed by atoms with van der Waals surface area (Å²) in [5.41, 5.74) is 0.223. The topological polar surface area (TPSA) is 224 Å². The van der Waals surface area contributed by atoms with Gasteiger partial charge in [-0.05, 0) is 56.7 Å². The second-order valence-electron chi connectivity index (χ2n) is 11.4. The number of unbranched alkanes of at least 4 members (excludes halogenated alkanes) is 1. The van der Waals surface area contributed by atoms with Crippen LogP contribution in [0.15, 0.2) is 38.2 Å². The van der Waals surface area contributed by atoms with E-state index in [1.165, 1.54) is 24.0 Å². The largest absolute Gasteiger partial charge is 0.490 e. The van der Waals surface area contributed by atoms with Crippen LogP contribution in [0.2, 0.25) is 0 Å². The summed E-state index contributed by atoms with van der Waals surface area (Å²) in [5.74, 6) is -1.91. The molecule has 4 amide bonds. The molecule has 2 N–H and O–H groups in total. The van der Waals surface area contributed by atoms with E-state index in [9.17, 15) is 33.6 Å². The van der Waals surface area contributed by atoms with Crippen LogP contribution < -0.4 is 15.7 Å². The van der Waals surface area contributed by atoms with Gasteiger partial charge in [-0.3, -0.25) is 29.1 Å². The molecule has 0 radical (unpaired) electrons. The van der Waals surface area contributed by atoms with Crippen LogP contribution in [0.4, 0.5) is 4.79 Å². The van der Waals surface area contributed by atoms with Gasteiger partial charge in [0.1, 0.15) is 36.4 Å². The van der Waals surface area contributed by atoms with Crippen molar-refractivity contribution in [3.63, 3.8) is 0 Å². The van der Waals surface area contributed by atoms with Crippen molar-refractivity contribution < 1.29 is 52.0 Å². The maximum atomic E-state index is 13.6. The third-order valence-electron chi connectivity index (χ3n) is 7.70. The van der Waals surface area contributed by atoms with Crippen molar-refractivity contribution >= 4 is 69.5 Å². The molecule has 50 heavy (non-hydrogen) atoms. The number of amides is 4. The average Bonchev–Trinajstić information content (AvgIpc) is 3.68. The lowest BCUT2D eigenvalue weighted by Crippen LogP contribution is -2.45. The first-order chi connectivity index (χ1) is 24.0. The van der Waals surface area contributed by atoms with Crippen LogP contribution in [0, 0.1) is 5.41 Å². The second kappa shape index (κ2) is 18.3. The minimum Gasteiger partial charge on any atom is -0.490 e. The molecule has 2 aliphatic rings. The summed E-state index contributed by atoms with van der Waals surface area (Å²) >= 11 is 0. The van der Waals surface area contributed by atoms with Gasteiger partial charge < -0.3 is 28.9 Å². The van der Waals surface area contributed by atoms with Crippen LogP contribution in [0.1, 0.15) is 57.4 Å². The van der Waals surface area contributed by atoms with Crippen LogP contribution in [-0.4, -0.2) is 90.3 Å². The van der Waals surface area contributed by atoms with Crippen molar-refractivity contribution in [2.24, 2.45) is 4.74 Å². The average molecular weight is 735 g/mol. The number of hydrogen-bond donors (Lipinski definition) is 2. The highest BCUT2D eigenvalue weighted by molar-refractivity contribution is 8.05. The number of carbonyl (C=O) groups is 6. The van der Waals surface area contributed by atoms with Crippen molar-refractivity contribution in [3.8, 4) is 5.75 Å². The number of nitrogens with zero attached hydrogens (tertiary/aromatic N) is 3. The number of carbonyl (C=O) groups excluding carboxylic acids is 6. The number of fused-ring (bicyclic) bond motifs is 1. The maximum Gasteiger partial charge on any atom is 0.432 e. The number of hydrogen-bond acceptors (Lipinski definition) is 14. The maximum absolute atomic E-state index is 13.6. The van der Waals surface area contributed by atoms with E-state index in [0.717, 1.165) is 6.40 Å². The van der Waals surface area contributed by atoms with Crippen molar-refractivity contribution in [3.05, 3.63) is 40.2 Å². The molecule has 0 bridgehead atoms. The SMILES string of the molecule is CC(=O)Cc1cc(=O)oc2cc(OCCOC(=O)[C@@H]3CCCN3C(=O)[C@H](CCCCNC(=O)ON3C(=O)CCC3=O)N=[P+](P)OC=N)ccc12. The molecule has 3 heterocycles. The normalized spacial score (nSPS) is 16.7. The fourth-order valence-electron chi connectivity index (χ4n) is 5.45. The molecule has 17 nitrogen and oxygen atoms in total. The van der Waals surface area contributed by atoms with E-state index in [1.54, 1.807) is 12.1 Å². The van der Waals surface area contributed by atoms with Crippen molar-refractivity contribution in [1.82, 2.24) is 15.3 Å². The Morgan fingerprint density at radius 1 is 1.14 bits per heavy atom. The Morgan fingerprint density at radius 3 is 2.62 bits per heavy atom. The number of ether oxygens (including phenoxy) is 2. The van der Waals surface area contributed by atoms with Crippen molar-refractivity contribution in [1.29, 1.82) is 5.41 Å². The van der Waals surface area contributed by atoms with Gasteiger partial charge in [-0.25, -0.2) is 14.4 Å². The van der Waals surface area contributed by atoms with E-state index < -0.39 is 55.1 Å². The van der Waals surface area contributed by atoms with Crippen LogP contribution in [-0.2, 0) is 44.5 Å². The zero-order valence-corrected chi connectivity index (χ0v) is 29.3. The quantitative estimate of drug-likeness (QED) is 0.0455. The van der Waals surface area contributed by atoms with Gasteiger partial charge in [0.25, 0.3) is 17.7 Å². The third kappa shape index (κ3) is 10.6. The molecule has 0 saturated carbocycles. The number of hydroxylamine groups is 2. The first-order valence-electron chi connectivity index (χ1n) is 15.9. The highest BCUT2D eigenvalue weighted by Crippen LogP contribution is 2.37. The Morgan fingerprint density at radius 2 is 1.90 bits per heavy atom. The zero-order chi connectivity index (χ0) is 36.2. The molecule has 268 valence electrons. The van der Waals surface area contributed by atoms with Gasteiger partial charge in [0, 0.05) is 49.9 Å². The van der Waals surface area contributed by atoms with E-state index in [0.29, 0.717) is 54.0 Å². The van der Waals surface area contributed by atoms with E-state index >= 15 is 0 Å². The lowest BCUT2D eigenvalue weighted by atomic mass is 10.1. The molecule has 0 spiro atoms. The number of imide groups is 1. The lowest BCUT2D eigenvalue weighted by Gasteiger charge is -2.25. The monoisotopic (exact) mass is 734 g/mol. The van der Waals surface area contributed by atoms with Crippen LogP contribution in [0.3, 0.4) is 0 Å². The number of ketones is 1. The highest BCUT2D eigenvalue weighted by Gasteiger charge is 2.39. The molecule has 2 unspecified atom stereocenters. The van der Waals surface area contributed by atoms with Gasteiger partial charge in [-0.2, -0.15) is 0 Å². The molecular weight excluding hydrogens is 696 g/mol. The van der Waals surface area contributed by atoms with Gasteiger partial charge >= 0.3 is 25.3 Å². The number of benzene rings is 1. The summed E-state index contributed by atoms with van der Waals surface area (Å²) in [4.78, 5) is 91.6. The molecule has 1 aromatic heterocycles. The van der Waals surface area contributed by atoms with Gasteiger partial charge in [-0.15, -0.1) is 5.06 Å². The summed E-state index contributed by atoms with van der Waals surface area (Å²) in [7, 11) is 0.764. The highest BCUT2D eigenvalue weighted by atomic mass is 32.0. The minimum absolute atomic E-state index is 0.0161. The Balaban J connectivity index is 1.27. The molecule has 0 aliphatic carbocycles. The molecule has 1 aromatic carbocycles. The van der Waals surface area contributed by atoms with Gasteiger partial charge in [0.2, 0.25) is 6.40 Å². The Kier molecular flexibility index (Phi) is 13.9. The Hall–Kier alpha value is -4.75. The summed E-state index contributed by atoms with van der Waals surface area (Å²) in [6.07, 6.45) is 1.89. The fraction of sp³-hybridized carbons (Fsp3) is 0.484. The van der Waals surface area contributed by atoms with Crippen molar-refractivity contribution in [2.75, 3.05) is 26.3 Å². The first-order valence-corrected chi connectivity index (χ1v) is 18.7. The molecule has 2 saturated heterocycles. The third-order valence-corrected chi connectivity index (χ3v) is 9.29. The smallest absolute Gasteiger partial charge is 0.432 e. The molecule has 4 atom stereocenters. The van der Waals surface area contributed by atoms with E-state index in [-0.39, 0.29) is 56.8 Å². The van der Waals surface area contributed by atoms with Crippen molar-refractivity contribution in [2.45, 2.75) is 70.4 Å². The zero-order valence-electron chi connectivity index (χ0n) is 27.3. The van der Waals surface area contributed by atoms with Gasteiger partial charge in [0.05, 0.1) is 0 Å². The summed E-state index contributed by atoms with van der Waals surface area (Å²) in [5, 5.41) is 10.7. The number of esters is 1. The summed E-state index contributed by atoms with van der Waals surface area (Å²) in [6.45, 7) is 1.75. The van der Waals surface area contributed by atoms with Crippen LogP contribution in [0.25, 0.3) is 11.0 Å². The fourth-order valence-corrected chi connectivity index (χ4v) is 6.77.